The Labute approximate surface area is 157 Å². The number of aryl methyl sites for hydroxylation is 1. The van der Waals surface area contributed by atoms with E-state index in [1.54, 1.807) is 7.05 Å². The SMILES string of the molecule is CCOCCCNC(=NC)NCC(C)Oc1cccc(C)c1.I. The summed E-state index contributed by atoms with van der Waals surface area (Å²) in [5.41, 5.74) is 1.20. The second kappa shape index (κ2) is 13.4. The smallest absolute Gasteiger partial charge is 0.191 e. The summed E-state index contributed by atoms with van der Waals surface area (Å²) in [6.07, 6.45) is 1.02. The molecule has 0 amide bonds. The molecule has 0 aliphatic carbocycles. The van der Waals surface area contributed by atoms with Crippen molar-refractivity contribution in [3.8, 4) is 5.75 Å². The average molecular weight is 435 g/mol. The van der Waals surface area contributed by atoms with Crippen molar-refractivity contribution in [2.24, 2.45) is 4.99 Å². The van der Waals surface area contributed by atoms with Crippen molar-refractivity contribution in [3.63, 3.8) is 0 Å². The van der Waals surface area contributed by atoms with E-state index in [4.69, 9.17) is 9.47 Å². The third kappa shape index (κ3) is 10.4. The molecule has 6 heteroatoms. The van der Waals surface area contributed by atoms with Crippen molar-refractivity contribution in [3.05, 3.63) is 29.8 Å². The standard InChI is InChI=1S/C17H29N3O2.HI/c1-5-21-11-7-10-19-17(18-4)20-13-15(3)22-16-9-6-8-14(2)12-16;/h6,8-9,12,15H,5,7,10-11,13H2,1-4H3,(H2,18,19,20);1H. The van der Waals surface area contributed by atoms with Crippen LogP contribution in [0.15, 0.2) is 29.3 Å². The molecule has 0 saturated carbocycles. The molecule has 0 aliphatic heterocycles. The molecule has 0 aliphatic rings. The summed E-state index contributed by atoms with van der Waals surface area (Å²) in [7, 11) is 1.77. The van der Waals surface area contributed by atoms with E-state index in [2.05, 4.69) is 28.6 Å². The zero-order valence-electron chi connectivity index (χ0n) is 14.6. The maximum Gasteiger partial charge on any atom is 0.191 e. The molecule has 23 heavy (non-hydrogen) atoms. The minimum absolute atomic E-state index is 0. The zero-order chi connectivity index (χ0) is 16.2. The molecular weight excluding hydrogens is 405 g/mol. The van der Waals surface area contributed by atoms with E-state index in [0.29, 0.717) is 6.54 Å². The van der Waals surface area contributed by atoms with Gasteiger partial charge in [-0.1, -0.05) is 12.1 Å². The number of benzene rings is 1. The fourth-order valence-electron chi connectivity index (χ4n) is 1.95. The lowest BCUT2D eigenvalue weighted by atomic mass is 10.2. The number of nitrogens with one attached hydrogen (secondary N) is 2. The molecule has 0 radical (unpaired) electrons. The highest BCUT2D eigenvalue weighted by atomic mass is 127. The highest BCUT2D eigenvalue weighted by Gasteiger charge is 2.05. The van der Waals surface area contributed by atoms with Crippen molar-refractivity contribution >= 4 is 29.9 Å². The van der Waals surface area contributed by atoms with Gasteiger partial charge < -0.3 is 20.1 Å². The Hall–Kier alpha value is -1.02. The number of aliphatic imine (C=N–C) groups is 1. The number of nitrogens with zero attached hydrogens (tertiary/aromatic N) is 1. The molecule has 1 aromatic carbocycles. The number of hydrogen-bond donors (Lipinski definition) is 2. The van der Waals surface area contributed by atoms with Crippen molar-refractivity contribution in [2.45, 2.75) is 33.3 Å². The lowest BCUT2D eigenvalue weighted by Gasteiger charge is -2.18. The molecule has 1 rings (SSSR count). The molecule has 0 fully saturated rings. The minimum atomic E-state index is 0. The van der Waals surface area contributed by atoms with Crippen molar-refractivity contribution in [2.75, 3.05) is 33.4 Å². The van der Waals surface area contributed by atoms with E-state index in [0.717, 1.165) is 37.9 Å². The monoisotopic (exact) mass is 435 g/mol. The molecular formula is C17H30IN3O2. The van der Waals surface area contributed by atoms with Crippen molar-refractivity contribution in [1.29, 1.82) is 0 Å². The number of rotatable bonds is 9. The molecule has 0 heterocycles. The fraction of sp³-hybridized carbons (Fsp3) is 0.588. The molecule has 1 aromatic rings. The number of ether oxygens (including phenoxy) is 2. The highest BCUT2D eigenvalue weighted by molar-refractivity contribution is 14.0. The average Bonchev–Trinajstić information content (AvgIpc) is 2.50. The van der Waals surface area contributed by atoms with E-state index < -0.39 is 0 Å². The van der Waals surface area contributed by atoms with Crippen LogP contribution in [-0.2, 0) is 4.74 Å². The van der Waals surface area contributed by atoms with E-state index in [1.165, 1.54) is 5.56 Å². The van der Waals surface area contributed by atoms with E-state index in [9.17, 15) is 0 Å². The Morgan fingerprint density at radius 3 is 2.74 bits per heavy atom. The summed E-state index contributed by atoms with van der Waals surface area (Å²) in [5.74, 6) is 1.69. The zero-order valence-corrected chi connectivity index (χ0v) is 16.9. The summed E-state index contributed by atoms with van der Waals surface area (Å²) in [5, 5.41) is 6.53. The molecule has 2 N–H and O–H groups in total. The first kappa shape index (κ1) is 22.0. The predicted octanol–water partition coefficient (Wildman–Crippen LogP) is 2.97. The number of halogens is 1. The van der Waals surface area contributed by atoms with Crippen LogP contribution in [0.1, 0.15) is 25.8 Å². The van der Waals surface area contributed by atoms with Gasteiger partial charge in [0, 0.05) is 26.8 Å². The summed E-state index contributed by atoms with van der Waals surface area (Å²) < 4.78 is 11.2. The van der Waals surface area contributed by atoms with Gasteiger partial charge in [-0.05, 0) is 44.9 Å². The summed E-state index contributed by atoms with van der Waals surface area (Å²) in [4.78, 5) is 4.20. The summed E-state index contributed by atoms with van der Waals surface area (Å²) in [6, 6.07) is 8.08. The molecule has 0 aromatic heterocycles. The van der Waals surface area contributed by atoms with Crippen LogP contribution < -0.4 is 15.4 Å². The van der Waals surface area contributed by atoms with E-state index >= 15 is 0 Å². The Morgan fingerprint density at radius 1 is 1.30 bits per heavy atom. The van der Waals surface area contributed by atoms with Crippen LogP contribution in [0.3, 0.4) is 0 Å². The first-order valence-electron chi connectivity index (χ1n) is 7.91. The molecule has 5 nitrogen and oxygen atoms in total. The molecule has 1 atom stereocenters. The van der Waals surface area contributed by atoms with Crippen molar-refractivity contribution in [1.82, 2.24) is 10.6 Å². The summed E-state index contributed by atoms with van der Waals surface area (Å²) in [6.45, 7) is 9.17. The second-order valence-electron chi connectivity index (χ2n) is 5.18. The topological polar surface area (TPSA) is 54.9 Å². The first-order valence-corrected chi connectivity index (χ1v) is 7.91. The normalized spacial score (nSPS) is 12.3. The number of hydrogen-bond acceptors (Lipinski definition) is 3. The van der Waals surface area contributed by atoms with Gasteiger partial charge in [-0.25, -0.2) is 0 Å². The van der Waals surface area contributed by atoms with Gasteiger partial charge in [-0.3, -0.25) is 4.99 Å². The largest absolute Gasteiger partial charge is 0.489 e. The van der Waals surface area contributed by atoms with Crippen LogP contribution in [0.4, 0.5) is 0 Å². The van der Waals surface area contributed by atoms with Crippen LogP contribution >= 0.6 is 24.0 Å². The Morgan fingerprint density at radius 2 is 2.09 bits per heavy atom. The van der Waals surface area contributed by atoms with Gasteiger partial charge in [0.2, 0.25) is 0 Å². The summed E-state index contributed by atoms with van der Waals surface area (Å²) >= 11 is 0. The lowest BCUT2D eigenvalue weighted by Crippen LogP contribution is -2.42. The molecule has 0 bridgehead atoms. The third-order valence-electron chi connectivity index (χ3n) is 3.07. The molecule has 0 saturated heterocycles. The van der Waals surface area contributed by atoms with Crippen LogP contribution in [0.25, 0.3) is 0 Å². The Kier molecular flexibility index (Phi) is 12.8. The van der Waals surface area contributed by atoms with Gasteiger partial charge in [0.1, 0.15) is 11.9 Å². The quantitative estimate of drug-likeness (QED) is 0.271. The van der Waals surface area contributed by atoms with Gasteiger partial charge in [0.05, 0.1) is 6.54 Å². The van der Waals surface area contributed by atoms with Gasteiger partial charge in [-0.2, -0.15) is 0 Å². The third-order valence-corrected chi connectivity index (χ3v) is 3.07. The maximum absolute atomic E-state index is 5.88. The van der Waals surface area contributed by atoms with E-state index in [1.807, 2.05) is 32.0 Å². The molecule has 1 unspecified atom stereocenters. The maximum atomic E-state index is 5.88. The Balaban J connectivity index is 0.00000484. The predicted molar refractivity (Wildman–Crippen MR) is 107 cm³/mol. The first-order chi connectivity index (χ1) is 10.7. The fourth-order valence-corrected chi connectivity index (χ4v) is 1.95. The molecule has 0 spiro atoms. The minimum Gasteiger partial charge on any atom is -0.489 e. The van der Waals surface area contributed by atoms with Crippen LogP contribution in [0.2, 0.25) is 0 Å². The second-order valence-corrected chi connectivity index (χ2v) is 5.18. The van der Waals surface area contributed by atoms with Gasteiger partial charge >= 0.3 is 0 Å². The lowest BCUT2D eigenvalue weighted by molar-refractivity contribution is 0.145. The van der Waals surface area contributed by atoms with Gasteiger partial charge in [0.15, 0.2) is 5.96 Å². The Bertz CT molecular complexity index is 455. The van der Waals surface area contributed by atoms with Gasteiger partial charge in [0.25, 0.3) is 0 Å². The van der Waals surface area contributed by atoms with Crippen LogP contribution in [0, 0.1) is 6.92 Å². The molecule has 132 valence electrons. The van der Waals surface area contributed by atoms with E-state index in [-0.39, 0.29) is 30.1 Å². The van der Waals surface area contributed by atoms with Gasteiger partial charge in [-0.15, -0.1) is 24.0 Å². The van der Waals surface area contributed by atoms with Crippen molar-refractivity contribution < 1.29 is 9.47 Å². The highest BCUT2D eigenvalue weighted by Crippen LogP contribution is 2.13. The van der Waals surface area contributed by atoms with Crippen LogP contribution in [0.5, 0.6) is 5.75 Å². The van der Waals surface area contributed by atoms with Crippen LogP contribution in [-0.4, -0.2) is 45.4 Å². The number of guanidine groups is 1.